The second-order valence-electron chi connectivity index (χ2n) is 7.12. The Labute approximate surface area is 183 Å². The van der Waals surface area contributed by atoms with Crippen LogP contribution >= 0.6 is 39.0 Å². The number of benzene rings is 1. The monoisotopic (exact) mass is 487 g/mol. The predicted octanol–water partition coefficient (Wildman–Crippen LogP) is 5.48. The second-order valence-corrected chi connectivity index (χ2v) is 9.84. The molecule has 3 aromatic heterocycles. The number of aromatic nitrogens is 5. The lowest BCUT2D eigenvalue weighted by Crippen LogP contribution is -2.10. The third kappa shape index (κ3) is 3.91. The van der Waals surface area contributed by atoms with Crippen LogP contribution in [0, 0.1) is 0 Å². The average Bonchev–Trinajstić information content (AvgIpc) is 3.47. The van der Waals surface area contributed by atoms with Gasteiger partial charge < -0.3 is 4.98 Å². The first-order valence-electron chi connectivity index (χ1n) is 9.49. The Morgan fingerprint density at radius 3 is 2.76 bits per heavy atom. The Balaban J connectivity index is 1.36. The zero-order chi connectivity index (χ0) is 19.8. The highest BCUT2D eigenvalue weighted by Crippen LogP contribution is 2.33. The Kier molecular flexibility index (Phi) is 5.28. The first-order chi connectivity index (χ1) is 14.2. The number of H-pyrrole nitrogens is 2. The van der Waals surface area contributed by atoms with Crippen molar-refractivity contribution in [1.82, 2.24) is 25.1 Å². The maximum absolute atomic E-state index is 12.8. The highest BCUT2D eigenvalue weighted by Gasteiger charge is 2.21. The van der Waals surface area contributed by atoms with Gasteiger partial charge in [-0.1, -0.05) is 52.7 Å². The first kappa shape index (κ1) is 19.0. The molecule has 4 aromatic rings. The number of halogens is 1. The van der Waals surface area contributed by atoms with E-state index in [0.29, 0.717) is 28.0 Å². The predicted molar refractivity (Wildman–Crippen MR) is 121 cm³/mol. The molecule has 3 heterocycles. The zero-order valence-corrected chi connectivity index (χ0v) is 18.7. The molecule has 1 aliphatic carbocycles. The molecule has 0 aliphatic heterocycles. The molecule has 5 rings (SSSR count). The fourth-order valence-electron chi connectivity index (χ4n) is 3.74. The third-order valence-electron chi connectivity index (χ3n) is 5.21. The molecule has 0 bridgehead atoms. The summed E-state index contributed by atoms with van der Waals surface area (Å²) in [5.41, 5.74) is 1.82. The van der Waals surface area contributed by atoms with Gasteiger partial charge in [-0.25, -0.2) is 9.97 Å². The molecular formula is C20H18BrN5OS2. The minimum absolute atomic E-state index is 0.105. The molecule has 0 amide bonds. The van der Waals surface area contributed by atoms with E-state index < -0.39 is 0 Å². The largest absolute Gasteiger partial charge is 0.309 e. The molecule has 6 nitrogen and oxygen atoms in total. The van der Waals surface area contributed by atoms with Gasteiger partial charge in [0.2, 0.25) is 5.16 Å². The molecule has 1 saturated carbocycles. The number of aromatic amines is 2. The smallest absolute Gasteiger partial charge is 0.260 e. The van der Waals surface area contributed by atoms with Crippen LogP contribution in [0.15, 0.2) is 44.1 Å². The molecule has 148 valence electrons. The minimum Gasteiger partial charge on any atom is -0.309 e. The van der Waals surface area contributed by atoms with Crippen molar-refractivity contribution in [2.45, 2.75) is 42.5 Å². The molecule has 9 heteroatoms. The lowest BCUT2D eigenvalue weighted by atomic mass is 10.1. The van der Waals surface area contributed by atoms with Crippen LogP contribution in [-0.2, 0) is 5.75 Å². The Hall–Kier alpha value is -1.97. The van der Waals surface area contributed by atoms with Gasteiger partial charge in [0.25, 0.3) is 5.56 Å². The Bertz CT molecular complexity index is 1210. The van der Waals surface area contributed by atoms with Crippen molar-refractivity contribution >= 4 is 49.2 Å². The highest BCUT2D eigenvalue weighted by atomic mass is 79.9. The highest BCUT2D eigenvalue weighted by molar-refractivity contribution is 9.10. The topological polar surface area (TPSA) is 87.3 Å². The summed E-state index contributed by atoms with van der Waals surface area (Å²) < 4.78 is 1.01. The maximum Gasteiger partial charge on any atom is 0.260 e. The third-order valence-corrected chi connectivity index (χ3v) is 7.47. The van der Waals surface area contributed by atoms with Crippen LogP contribution in [0.3, 0.4) is 0 Å². The SMILES string of the molecule is O=c1[nH]c(CSc2n[nH]c(C3CCCC3)n2)nc2scc(-c3ccc(Br)cc3)c12. The molecule has 0 spiro atoms. The molecule has 1 fully saturated rings. The fraction of sp³-hybridized carbons (Fsp3) is 0.300. The Morgan fingerprint density at radius 2 is 1.97 bits per heavy atom. The number of hydrogen-bond donors (Lipinski definition) is 2. The van der Waals surface area contributed by atoms with Gasteiger partial charge in [-0.3, -0.25) is 9.89 Å². The number of fused-ring (bicyclic) bond motifs is 1. The number of rotatable bonds is 5. The van der Waals surface area contributed by atoms with E-state index in [1.165, 1.54) is 48.8 Å². The van der Waals surface area contributed by atoms with Crippen LogP contribution in [0.5, 0.6) is 0 Å². The van der Waals surface area contributed by atoms with Gasteiger partial charge in [-0.15, -0.1) is 16.4 Å². The number of thiophene rings is 1. The molecule has 2 N–H and O–H groups in total. The van der Waals surface area contributed by atoms with Crippen molar-refractivity contribution < 1.29 is 0 Å². The van der Waals surface area contributed by atoms with E-state index in [1.807, 2.05) is 29.6 Å². The summed E-state index contributed by atoms with van der Waals surface area (Å²) in [4.78, 5) is 25.7. The van der Waals surface area contributed by atoms with Gasteiger partial charge in [0, 0.05) is 21.3 Å². The Morgan fingerprint density at radius 1 is 1.17 bits per heavy atom. The zero-order valence-electron chi connectivity index (χ0n) is 15.4. The van der Waals surface area contributed by atoms with Gasteiger partial charge >= 0.3 is 0 Å². The fourth-order valence-corrected chi connectivity index (χ4v) is 5.65. The lowest BCUT2D eigenvalue weighted by Gasteiger charge is -2.02. The van der Waals surface area contributed by atoms with Gasteiger partial charge in [-0.05, 0) is 30.5 Å². The lowest BCUT2D eigenvalue weighted by molar-refractivity contribution is 0.671. The number of nitrogens with one attached hydrogen (secondary N) is 2. The summed E-state index contributed by atoms with van der Waals surface area (Å²) in [6.07, 6.45) is 4.90. The number of thioether (sulfide) groups is 1. The van der Waals surface area contributed by atoms with Crippen molar-refractivity contribution in [3.05, 3.63) is 56.1 Å². The quantitative estimate of drug-likeness (QED) is 0.363. The van der Waals surface area contributed by atoms with Crippen molar-refractivity contribution in [3.63, 3.8) is 0 Å². The molecular weight excluding hydrogens is 470 g/mol. The van der Waals surface area contributed by atoms with Crippen LogP contribution < -0.4 is 5.56 Å². The van der Waals surface area contributed by atoms with Crippen LogP contribution in [0.1, 0.15) is 43.3 Å². The molecule has 29 heavy (non-hydrogen) atoms. The summed E-state index contributed by atoms with van der Waals surface area (Å²) in [5, 5.41) is 10.7. The molecule has 1 aromatic carbocycles. The van der Waals surface area contributed by atoms with Crippen LogP contribution in [0.25, 0.3) is 21.3 Å². The van der Waals surface area contributed by atoms with E-state index in [1.54, 1.807) is 0 Å². The van der Waals surface area contributed by atoms with Crippen LogP contribution in [0.2, 0.25) is 0 Å². The summed E-state index contributed by atoms with van der Waals surface area (Å²) in [6, 6.07) is 7.95. The van der Waals surface area contributed by atoms with Crippen molar-refractivity contribution in [2.75, 3.05) is 0 Å². The summed E-state index contributed by atoms with van der Waals surface area (Å²) in [6.45, 7) is 0. The van der Waals surface area contributed by atoms with E-state index in [-0.39, 0.29) is 5.56 Å². The van der Waals surface area contributed by atoms with Gasteiger partial charge in [0.1, 0.15) is 16.5 Å². The summed E-state index contributed by atoms with van der Waals surface area (Å²) in [5.74, 6) is 2.66. The summed E-state index contributed by atoms with van der Waals surface area (Å²) in [7, 11) is 0. The van der Waals surface area contributed by atoms with Gasteiger partial charge in [-0.2, -0.15) is 0 Å². The molecule has 0 unspecified atom stereocenters. The van der Waals surface area contributed by atoms with E-state index >= 15 is 0 Å². The standard InChI is InChI=1S/C20H18BrN5OS2/c21-13-7-5-11(6-8-13)14-9-28-19-16(14)18(27)22-15(23-19)10-29-20-24-17(25-26-20)12-3-1-2-4-12/h5-9,12H,1-4,10H2,(H,22,23,27)(H,24,25,26). The van der Waals surface area contributed by atoms with E-state index in [9.17, 15) is 4.79 Å². The van der Waals surface area contributed by atoms with E-state index in [0.717, 1.165) is 26.3 Å². The van der Waals surface area contributed by atoms with Crippen molar-refractivity contribution in [2.24, 2.45) is 0 Å². The molecule has 1 aliphatic rings. The van der Waals surface area contributed by atoms with Crippen molar-refractivity contribution in [1.29, 1.82) is 0 Å². The average molecular weight is 488 g/mol. The minimum atomic E-state index is -0.105. The molecule has 0 saturated heterocycles. The van der Waals surface area contributed by atoms with Crippen molar-refractivity contribution in [3.8, 4) is 11.1 Å². The second kappa shape index (κ2) is 8.04. The number of hydrogen-bond acceptors (Lipinski definition) is 6. The van der Waals surface area contributed by atoms with Gasteiger partial charge in [0.05, 0.1) is 11.1 Å². The molecule has 0 radical (unpaired) electrons. The normalized spacial score (nSPS) is 14.8. The number of nitrogens with zero attached hydrogens (tertiary/aromatic N) is 3. The summed E-state index contributed by atoms with van der Waals surface area (Å²) >= 11 is 6.43. The van der Waals surface area contributed by atoms with Gasteiger partial charge in [0.15, 0.2) is 0 Å². The van der Waals surface area contributed by atoms with E-state index in [4.69, 9.17) is 0 Å². The first-order valence-corrected chi connectivity index (χ1v) is 12.1. The van der Waals surface area contributed by atoms with E-state index in [2.05, 4.69) is 41.1 Å². The molecule has 0 atom stereocenters. The van der Waals surface area contributed by atoms with Crippen LogP contribution in [-0.4, -0.2) is 25.1 Å². The van der Waals surface area contributed by atoms with Crippen LogP contribution in [0.4, 0.5) is 0 Å². The maximum atomic E-state index is 12.8.